The minimum absolute atomic E-state index is 0.714. The van der Waals surface area contributed by atoms with E-state index in [0.29, 0.717) is 5.02 Å². The van der Waals surface area contributed by atoms with Gasteiger partial charge in [-0.3, -0.25) is 4.57 Å². The van der Waals surface area contributed by atoms with Crippen molar-refractivity contribution in [2.24, 2.45) is 0 Å². The highest BCUT2D eigenvalue weighted by Crippen LogP contribution is 2.14. The Hall–Kier alpha value is -1.35. The molecule has 0 radical (unpaired) electrons. The van der Waals surface area contributed by atoms with Crippen molar-refractivity contribution in [3.63, 3.8) is 0 Å². The first-order valence-corrected chi connectivity index (χ1v) is 4.28. The van der Waals surface area contributed by atoms with Crippen molar-refractivity contribution in [3.8, 4) is 5.69 Å². The summed E-state index contributed by atoms with van der Waals surface area (Å²) in [5, 5.41) is 8.40. The van der Waals surface area contributed by atoms with Crippen LogP contribution in [0.5, 0.6) is 0 Å². The lowest BCUT2D eigenvalue weighted by Crippen LogP contribution is -1.94. The van der Waals surface area contributed by atoms with Gasteiger partial charge in [0.25, 0.3) is 0 Å². The SMILES string of the molecule is Cc1nncn1-c1cccc(Cl)c1. The third-order valence-electron chi connectivity index (χ3n) is 1.80. The predicted molar refractivity (Wildman–Crippen MR) is 51.1 cm³/mol. The highest BCUT2D eigenvalue weighted by molar-refractivity contribution is 6.30. The Morgan fingerprint density at radius 3 is 2.85 bits per heavy atom. The molecule has 0 bridgehead atoms. The molecule has 13 heavy (non-hydrogen) atoms. The summed E-state index contributed by atoms with van der Waals surface area (Å²) in [5.74, 6) is 0.849. The molecule has 1 aromatic heterocycles. The molecule has 0 saturated heterocycles. The summed E-state index contributed by atoms with van der Waals surface area (Å²) < 4.78 is 1.88. The fourth-order valence-electron chi connectivity index (χ4n) is 1.17. The van der Waals surface area contributed by atoms with Gasteiger partial charge in [-0.05, 0) is 25.1 Å². The van der Waals surface area contributed by atoms with E-state index in [4.69, 9.17) is 11.6 Å². The Balaban J connectivity index is 2.53. The molecule has 66 valence electrons. The number of halogens is 1. The molecule has 0 N–H and O–H groups in total. The highest BCUT2D eigenvalue weighted by Gasteiger charge is 2.00. The van der Waals surface area contributed by atoms with Crippen LogP contribution in [0, 0.1) is 6.92 Å². The molecule has 0 atom stereocenters. The number of rotatable bonds is 1. The van der Waals surface area contributed by atoms with Crippen molar-refractivity contribution < 1.29 is 0 Å². The predicted octanol–water partition coefficient (Wildman–Crippen LogP) is 2.23. The quantitative estimate of drug-likeness (QED) is 0.696. The zero-order valence-corrected chi connectivity index (χ0v) is 7.86. The third kappa shape index (κ3) is 1.55. The summed E-state index contributed by atoms with van der Waals surface area (Å²) >= 11 is 5.86. The smallest absolute Gasteiger partial charge is 0.134 e. The minimum Gasteiger partial charge on any atom is -0.286 e. The average molecular weight is 194 g/mol. The Kier molecular flexibility index (Phi) is 2.02. The monoisotopic (exact) mass is 193 g/mol. The van der Waals surface area contributed by atoms with Crippen LogP contribution >= 0.6 is 11.6 Å². The summed E-state index contributed by atoms with van der Waals surface area (Å²) in [5.41, 5.74) is 0.981. The van der Waals surface area contributed by atoms with Gasteiger partial charge in [0.1, 0.15) is 12.2 Å². The van der Waals surface area contributed by atoms with Gasteiger partial charge in [0.15, 0.2) is 0 Å². The van der Waals surface area contributed by atoms with E-state index in [0.717, 1.165) is 11.5 Å². The molecule has 2 rings (SSSR count). The Morgan fingerprint density at radius 1 is 1.38 bits per heavy atom. The van der Waals surface area contributed by atoms with Crippen molar-refractivity contribution in [1.82, 2.24) is 14.8 Å². The van der Waals surface area contributed by atoms with Gasteiger partial charge in [0.05, 0.1) is 0 Å². The summed E-state index contributed by atoms with van der Waals surface area (Å²) in [6.45, 7) is 1.90. The molecule has 0 spiro atoms. The summed E-state index contributed by atoms with van der Waals surface area (Å²) in [4.78, 5) is 0. The molecular weight excluding hydrogens is 186 g/mol. The fraction of sp³-hybridized carbons (Fsp3) is 0.111. The van der Waals surface area contributed by atoms with Gasteiger partial charge < -0.3 is 0 Å². The van der Waals surface area contributed by atoms with Crippen LogP contribution in [-0.4, -0.2) is 14.8 Å². The van der Waals surface area contributed by atoms with Crippen LogP contribution in [0.15, 0.2) is 30.6 Å². The van der Waals surface area contributed by atoms with Crippen LogP contribution in [0.25, 0.3) is 5.69 Å². The molecule has 0 aliphatic heterocycles. The van der Waals surface area contributed by atoms with E-state index >= 15 is 0 Å². The van der Waals surface area contributed by atoms with E-state index < -0.39 is 0 Å². The Bertz CT molecular complexity index is 422. The summed E-state index contributed by atoms with van der Waals surface area (Å²) in [6.07, 6.45) is 1.67. The Labute approximate surface area is 81.0 Å². The van der Waals surface area contributed by atoms with E-state index in [1.807, 2.05) is 35.8 Å². The first kappa shape index (κ1) is 8.26. The molecule has 0 saturated carbocycles. The van der Waals surface area contributed by atoms with Crippen molar-refractivity contribution in [1.29, 1.82) is 0 Å². The van der Waals surface area contributed by atoms with Crippen LogP contribution in [0.1, 0.15) is 5.82 Å². The Morgan fingerprint density at radius 2 is 2.23 bits per heavy atom. The molecule has 2 aromatic rings. The van der Waals surface area contributed by atoms with Gasteiger partial charge in [-0.1, -0.05) is 17.7 Å². The first-order valence-electron chi connectivity index (χ1n) is 3.90. The van der Waals surface area contributed by atoms with Crippen LogP contribution in [0.2, 0.25) is 5.02 Å². The molecule has 0 aliphatic rings. The zero-order chi connectivity index (χ0) is 9.26. The maximum atomic E-state index is 5.86. The largest absolute Gasteiger partial charge is 0.286 e. The zero-order valence-electron chi connectivity index (χ0n) is 7.11. The van der Waals surface area contributed by atoms with Gasteiger partial charge in [-0.25, -0.2) is 0 Å². The van der Waals surface area contributed by atoms with E-state index in [1.165, 1.54) is 0 Å². The fourth-order valence-corrected chi connectivity index (χ4v) is 1.36. The molecule has 4 heteroatoms. The summed E-state index contributed by atoms with van der Waals surface area (Å²) in [6, 6.07) is 7.57. The van der Waals surface area contributed by atoms with Gasteiger partial charge >= 0.3 is 0 Å². The van der Waals surface area contributed by atoms with Crippen LogP contribution in [-0.2, 0) is 0 Å². The second-order valence-corrected chi connectivity index (χ2v) is 3.16. The molecule has 0 unspecified atom stereocenters. The number of aryl methyl sites for hydroxylation is 1. The summed E-state index contributed by atoms with van der Waals surface area (Å²) in [7, 11) is 0. The van der Waals surface area contributed by atoms with Gasteiger partial charge in [0, 0.05) is 10.7 Å². The maximum absolute atomic E-state index is 5.86. The highest BCUT2D eigenvalue weighted by atomic mass is 35.5. The van der Waals surface area contributed by atoms with Crippen LogP contribution < -0.4 is 0 Å². The second-order valence-electron chi connectivity index (χ2n) is 2.73. The molecule has 0 aliphatic carbocycles. The van der Waals surface area contributed by atoms with E-state index in [1.54, 1.807) is 6.33 Å². The standard InChI is InChI=1S/C9H8ClN3/c1-7-12-11-6-13(7)9-4-2-3-8(10)5-9/h2-6H,1H3. The van der Waals surface area contributed by atoms with Crippen molar-refractivity contribution >= 4 is 11.6 Å². The molecule has 1 aromatic carbocycles. The molecule has 1 heterocycles. The maximum Gasteiger partial charge on any atom is 0.134 e. The van der Waals surface area contributed by atoms with Crippen molar-refractivity contribution in [2.75, 3.05) is 0 Å². The number of nitrogens with zero attached hydrogens (tertiary/aromatic N) is 3. The lowest BCUT2D eigenvalue weighted by Gasteiger charge is -2.02. The van der Waals surface area contributed by atoms with E-state index in [2.05, 4.69) is 10.2 Å². The number of benzene rings is 1. The third-order valence-corrected chi connectivity index (χ3v) is 2.04. The number of hydrogen-bond donors (Lipinski definition) is 0. The van der Waals surface area contributed by atoms with Crippen LogP contribution in [0.3, 0.4) is 0 Å². The number of aromatic nitrogens is 3. The second kappa shape index (κ2) is 3.18. The molecule has 0 fully saturated rings. The van der Waals surface area contributed by atoms with Crippen molar-refractivity contribution in [3.05, 3.63) is 41.4 Å². The van der Waals surface area contributed by atoms with Crippen molar-refractivity contribution in [2.45, 2.75) is 6.92 Å². The molecule has 0 amide bonds. The average Bonchev–Trinajstić information content (AvgIpc) is 2.51. The minimum atomic E-state index is 0.714. The lowest BCUT2D eigenvalue weighted by molar-refractivity contribution is 0.969. The van der Waals surface area contributed by atoms with Gasteiger partial charge in [-0.15, -0.1) is 10.2 Å². The van der Waals surface area contributed by atoms with E-state index in [-0.39, 0.29) is 0 Å². The van der Waals surface area contributed by atoms with Gasteiger partial charge in [0.2, 0.25) is 0 Å². The topological polar surface area (TPSA) is 30.7 Å². The molecular formula is C9H8ClN3. The van der Waals surface area contributed by atoms with E-state index in [9.17, 15) is 0 Å². The lowest BCUT2D eigenvalue weighted by atomic mass is 10.3. The normalized spacial score (nSPS) is 10.3. The van der Waals surface area contributed by atoms with Crippen LogP contribution in [0.4, 0.5) is 0 Å². The molecule has 3 nitrogen and oxygen atoms in total. The van der Waals surface area contributed by atoms with Gasteiger partial charge in [-0.2, -0.15) is 0 Å². The first-order chi connectivity index (χ1) is 6.27. The number of hydrogen-bond acceptors (Lipinski definition) is 2.